The summed E-state index contributed by atoms with van der Waals surface area (Å²) in [7, 11) is 0. The lowest BCUT2D eigenvalue weighted by Crippen LogP contribution is -2.22. The fraction of sp³-hybridized carbons (Fsp3) is 0.240. The van der Waals surface area contributed by atoms with Crippen molar-refractivity contribution in [1.82, 2.24) is 0 Å². The molecule has 0 aliphatic heterocycles. The van der Waals surface area contributed by atoms with E-state index in [-0.39, 0.29) is 17.9 Å². The lowest BCUT2D eigenvalue weighted by Gasteiger charge is -2.22. The summed E-state index contributed by atoms with van der Waals surface area (Å²) in [5.74, 6) is 1.12. The summed E-state index contributed by atoms with van der Waals surface area (Å²) in [5, 5.41) is 2.89. The lowest BCUT2D eigenvalue weighted by molar-refractivity contribution is -0.118. The normalized spacial score (nSPS) is 11.0. The van der Waals surface area contributed by atoms with E-state index in [0.717, 1.165) is 16.9 Å². The van der Waals surface area contributed by atoms with Crippen molar-refractivity contribution in [2.75, 3.05) is 11.9 Å². The van der Waals surface area contributed by atoms with Gasteiger partial charge in [-0.25, -0.2) is 0 Å². The van der Waals surface area contributed by atoms with Gasteiger partial charge >= 0.3 is 0 Å². The molecule has 0 fully saturated rings. The van der Waals surface area contributed by atoms with Gasteiger partial charge in [0, 0.05) is 0 Å². The smallest absolute Gasteiger partial charge is 0.262 e. The van der Waals surface area contributed by atoms with Gasteiger partial charge in [0.2, 0.25) is 0 Å². The van der Waals surface area contributed by atoms with Gasteiger partial charge in [-0.05, 0) is 34.7 Å². The molecule has 0 bridgehead atoms. The number of anilines is 1. The van der Waals surface area contributed by atoms with Crippen molar-refractivity contribution in [3.8, 4) is 11.5 Å². The predicted molar refractivity (Wildman–Crippen MR) is 116 cm³/mol. The van der Waals surface area contributed by atoms with Crippen LogP contribution in [-0.2, 0) is 16.8 Å². The summed E-state index contributed by atoms with van der Waals surface area (Å²) >= 11 is 0. The highest BCUT2D eigenvalue weighted by atomic mass is 16.5. The molecule has 0 aliphatic rings. The van der Waals surface area contributed by atoms with Gasteiger partial charge in [0.1, 0.15) is 18.1 Å². The molecule has 29 heavy (non-hydrogen) atoms. The molecule has 0 aromatic heterocycles. The first kappa shape index (κ1) is 20.5. The standard InChI is InChI=1S/C25H27NO3/c1-25(2,3)20-13-7-9-15-22(20)29-18-24(27)26-21-14-8-10-16-23(21)28-17-19-11-5-4-6-12-19/h4-16H,17-18H2,1-3H3,(H,26,27). The molecule has 4 heteroatoms. The second-order valence-electron chi connectivity index (χ2n) is 7.85. The van der Waals surface area contributed by atoms with Crippen LogP contribution in [0.1, 0.15) is 31.9 Å². The maximum Gasteiger partial charge on any atom is 0.262 e. The quantitative estimate of drug-likeness (QED) is 0.574. The summed E-state index contributed by atoms with van der Waals surface area (Å²) in [5.41, 5.74) is 2.70. The minimum atomic E-state index is -0.232. The van der Waals surface area contributed by atoms with E-state index in [0.29, 0.717) is 18.0 Å². The second-order valence-corrected chi connectivity index (χ2v) is 7.85. The van der Waals surface area contributed by atoms with Crippen molar-refractivity contribution in [2.45, 2.75) is 32.8 Å². The molecule has 0 aliphatic carbocycles. The molecule has 3 aromatic carbocycles. The molecule has 0 atom stereocenters. The van der Waals surface area contributed by atoms with E-state index in [2.05, 4.69) is 26.1 Å². The molecule has 150 valence electrons. The summed E-state index contributed by atoms with van der Waals surface area (Å²) in [6, 6.07) is 25.1. The number of hydrogen-bond donors (Lipinski definition) is 1. The Balaban J connectivity index is 1.62. The van der Waals surface area contributed by atoms with Gasteiger partial charge in [0.15, 0.2) is 6.61 Å². The van der Waals surface area contributed by atoms with Crippen LogP contribution in [0, 0.1) is 0 Å². The number of carbonyl (C=O) groups is 1. The Morgan fingerprint density at radius 1 is 0.793 bits per heavy atom. The van der Waals surface area contributed by atoms with E-state index < -0.39 is 0 Å². The monoisotopic (exact) mass is 389 g/mol. The Morgan fingerprint density at radius 2 is 1.41 bits per heavy atom. The van der Waals surface area contributed by atoms with Gasteiger partial charge in [-0.1, -0.05) is 81.4 Å². The van der Waals surface area contributed by atoms with Crippen LogP contribution in [0.4, 0.5) is 5.69 Å². The van der Waals surface area contributed by atoms with Crippen molar-refractivity contribution in [3.05, 3.63) is 90.0 Å². The van der Waals surface area contributed by atoms with Crippen LogP contribution in [0.15, 0.2) is 78.9 Å². The van der Waals surface area contributed by atoms with Gasteiger partial charge in [0.05, 0.1) is 5.69 Å². The average Bonchev–Trinajstić information content (AvgIpc) is 2.72. The molecule has 0 saturated heterocycles. The molecule has 1 N–H and O–H groups in total. The van der Waals surface area contributed by atoms with Gasteiger partial charge in [-0.15, -0.1) is 0 Å². The third-order valence-corrected chi connectivity index (χ3v) is 4.45. The molecule has 0 heterocycles. The minimum Gasteiger partial charge on any atom is -0.487 e. The fourth-order valence-corrected chi connectivity index (χ4v) is 2.97. The number of para-hydroxylation sites is 3. The number of ether oxygens (including phenoxy) is 2. The number of rotatable bonds is 7. The molecule has 3 aromatic rings. The summed E-state index contributed by atoms with van der Waals surface area (Å²) in [6.07, 6.45) is 0. The van der Waals surface area contributed by atoms with Crippen LogP contribution in [0.2, 0.25) is 0 Å². The predicted octanol–water partition coefficient (Wildman–Crippen LogP) is 5.58. The van der Waals surface area contributed by atoms with Crippen LogP contribution < -0.4 is 14.8 Å². The van der Waals surface area contributed by atoms with Gasteiger partial charge in [-0.3, -0.25) is 4.79 Å². The number of hydrogen-bond acceptors (Lipinski definition) is 3. The number of benzene rings is 3. The number of carbonyl (C=O) groups excluding carboxylic acids is 1. The summed E-state index contributed by atoms with van der Waals surface area (Å²) in [4.78, 5) is 12.5. The van der Waals surface area contributed by atoms with Crippen LogP contribution in [-0.4, -0.2) is 12.5 Å². The highest BCUT2D eigenvalue weighted by Gasteiger charge is 2.19. The van der Waals surface area contributed by atoms with Crippen molar-refractivity contribution in [3.63, 3.8) is 0 Å². The van der Waals surface area contributed by atoms with E-state index in [1.807, 2.05) is 78.9 Å². The fourth-order valence-electron chi connectivity index (χ4n) is 2.97. The first-order valence-electron chi connectivity index (χ1n) is 9.71. The molecule has 0 saturated carbocycles. The molecular weight excluding hydrogens is 362 g/mol. The molecule has 1 amide bonds. The molecule has 0 spiro atoms. The van der Waals surface area contributed by atoms with Crippen LogP contribution >= 0.6 is 0 Å². The zero-order valence-electron chi connectivity index (χ0n) is 17.1. The van der Waals surface area contributed by atoms with Crippen molar-refractivity contribution < 1.29 is 14.3 Å². The van der Waals surface area contributed by atoms with Crippen molar-refractivity contribution >= 4 is 11.6 Å². The van der Waals surface area contributed by atoms with E-state index in [9.17, 15) is 4.79 Å². The third kappa shape index (κ3) is 5.85. The Hall–Kier alpha value is -3.27. The first-order valence-corrected chi connectivity index (χ1v) is 9.71. The lowest BCUT2D eigenvalue weighted by atomic mass is 9.86. The van der Waals surface area contributed by atoms with Gasteiger partial charge in [-0.2, -0.15) is 0 Å². The van der Waals surface area contributed by atoms with Crippen LogP contribution in [0.3, 0.4) is 0 Å². The SMILES string of the molecule is CC(C)(C)c1ccccc1OCC(=O)Nc1ccccc1OCc1ccccc1. The van der Waals surface area contributed by atoms with E-state index in [1.54, 1.807) is 0 Å². The average molecular weight is 389 g/mol. The largest absolute Gasteiger partial charge is 0.487 e. The van der Waals surface area contributed by atoms with Crippen molar-refractivity contribution in [1.29, 1.82) is 0 Å². The summed E-state index contributed by atoms with van der Waals surface area (Å²) < 4.78 is 11.7. The maximum atomic E-state index is 12.5. The Kier molecular flexibility index (Phi) is 6.55. The second kappa shape index (κ2) is 9.28. The van der Waals surface area contributed by atoms with Crippen molar-refractivity contribution in [2.24, 2.45) is 0 Å². The molecule has 0 radical (unpaired) electrons. The topological polar surface area (TPSA) is 47.6 Å². The van der Waals surface area contributed by atoms with Gasteiger partial charge in [0.25, 0.3) is 5.91 Å². The Morgan fingerprint density at radius 3 is 2.14 bits per heavy atom. The van der Waals surface area contributed by atoms with E-state index >= 15 is 0 Å². The zero-order chi connectivity index (χ0) is 20.7. The molecule has 4 nitrogen and oxygen atoms in total. The van der Waals surface area contributed by atoms with E-state index in [1.165, 1.54) is 0 Å². The number of nitrogens with one attached hydrogen (secondary N) is 1. The summed E-state index contributed by atoms with van der Waals surface area (Å²) in [6.45, 7) is 6.73. The highest BCUT2D eigenvalue weighted by Crippen LogP contribution is 2.31. The Bertz CT molecular complexity index is 946. The highest BCUT2D eigenvalue weighted by molar-refractivity contribution is 5.93. The number of amides is 1. The van der Waals surface area contributed by atoms with Crippen LogP contribution in [0.25, 0.3) is 0 Å². The van der Waals surface area contributed by atoms with Gasteiger partial charge < -0.3 is 14.8 Å². The molecule has 0 unspecified atom stereocenters. The minimum absolute atomic E-state index is 0.0645. The van der Waals surface area contributed by atoms with Crippen LogP contribution in [0.5, 0.6) is 11.5 Å². The first-order chi connectivity index (χ1) is 13.9. The molecule has 3 rings (SSSR count). The van der Waals surface area contributed by atoms with E-state index in [4.69, 9.17) is 9.47 Å². The maximum absolute atomic E-state index is 12.5. The Labute approximate surface area is 172 Å². The third-order valence-electron chi connectivity index (χ3n) is 4.45. The zero-order valence-corrected chi connectivity index (χ0v) is 17.1. The molecular formula is C25H27NO3.